The molecule has 0 saturated carbocycles. The van der Waals surface area contributed by atoms with Crippen LogP contribution in [0.15, 0.2) is 42.6 Å². The van der Waals surface area contributed by atoms with Gasteiger partial charge >= 0.3 is 5.97 Å². The first-order valence-corrected chi connectivity index (χ1v) is 8.57. The third-order valence-corrected chi connectivity index (χ3v) is 4.29. The number of hydrogen-bond acceptors (Lipinski definition) is 4. The van der Waals surface area contributed by atoms with Crippen LogP contribution in [-0.2, 0) is 22.6 Å². The topological polar surface area (TPSA) is 81.0 Å². The zero-order valence-corrected chi connectivity index (χ0v) is 14.8. The maximum absolute atomic E-state index is 12.1. The molecule has 0 aliphatic rings. The van der Waals surface area contributed by atoms with Crippen LogP contribution in [0, 0.1) is 0 Å². The standard InChI is InChI=1S/C18H17Cl2N3O2/c19-16-7-11(8-17(20)23-16)10-25-18(24)14(21)6-5-12-9-22-15-4-2-1-3-13(12)15/h1-4,7-9,14,22H,5-6,10,21H2/t14-/m0/s1. The summed E-state index contributed by atoms with van der Waals surface area (Å²) in [6.45, 7) is 0.0571. The zero-order chi connectivity index (χ0) is 17.8. The first kappa shape index (κ1) is 17.7. The van der Waals surface area contributed by atoms with E-state index < -0.39 is 12.0 Å². The van der Waals surface area contributed by atoms with Crippen LogP contribution in [0.2, 0.25) is 10.3 Å². The van der Waals surface area contributed by atoms with Crippen molar-refractivity contribution < 1.29 is 9.53 Å². The largest absolute Gasteiger partial charge is 0.460 e. The molecule has 0 saturated heterocycles. The molecule has 2 heterocycles. The molecule has 3 aromatic rings. The summed E-state index contributed by atoms with van der Waals surface area (Å²) in [4.78, 5) is 19.1. The van der Waals surface area contributed by atoms with E-state index in [1.807, 2.05) is 30.5 Å². The van der Waals surface area contributed by atoms with Gasteiger partial charge in [-0.3, -0.25) is 4.79 Å². The number of fused-ring (bicyclic) bond motifs is 1. The molecule has 0 aliphatic heterocycles. The van der Waals surface area contributed by atoms with E-state index >= 15 is 0 Å². The fourth-order valence-corrected chi connectivity index (χ4v) is 3.13. The Bertz CT molecular complexity index is 875. The third-order valence-electron chi connectivity index (χ3n) is 3.91. The smallest absolute Gasteiger partial charge is 0.323 e. The van der Waals surface area contributed by atoms with Gasteiger partial charge in [0.25, 0.3) is 0 Å². The Hall–Kier alpha value is -2.08. The SMILES string of the molecule is N[C@@H](CCc1c[nH]c2ccccc12)C(=O)OCc1cc(Cl)nc(Cl)c1. The summed E-state index contributed by atoms with van der Waals surface area (Å²) in [5, 5.41) is 1.65. The van der Waals surface area contributed by atoms with Crippen molar-refractivity contribution in [1.82, 2.24) is 9.97 Å². The molecular formula is C18H17Cl2N3O2. The van der Waals surface area contributed by atoms with Gasteiger partial charge in [-0.25, -0.2) is 4.98 Å². The Morgan fingerprint density at radius 3 is 2.72 bits per heavy atom. The van der Waals surface area contributed by atoms with Gasteiger partial charge in [0, 0.05) is 17.1 Å². The summed E-state index contributed by atoms with van der Waals surface area (Å²) in [7, 11) is 0. The van der Waals surface area contributed by atoms with Gasteiger partial charge < -0.3 is 15.5 Å². The predicted octanol–water partition coefficient (Wildman–Crippen LogP) is 3.87. The fraction of sp³-hybridized carbons (Fsp3) is 0.222. The van der Waals surface area contributed by atoms with Gasteiger partial charge in [0.05, 0.1) is 0 Å². The van der Waals surface area contributed by atoms with E-state index in [-0.39, 0.29) is 16.9 Å². The van der Waals surface area contributed by atoms with E-state index in [4.69, 9.17) is 33.7 Å². The van der Waals surface area contributed by atoms with Gasteiger partial charge in [0.2, 0.25) is 0 Å². The number of benzene rings is 1. The maximum atomic E-state index is 12.1. The highest BCUT2D eigenvalue weighted by Gasteiger charge is 2.16. The van der Waals surface area contributed by atoms with E-state index in [0.29, 0.717) is 18.4 Å². The molecule has 1 aromatic carbocycles. The molecule has 0 aliphatic carbocycles. The molecule has 0 unspecified atom stereocenters. The number of carbonyl (C=O) groups is 1. The highest BCUT2D eigenvalue weighted by Crippen LogP contribution is 2.20. The molecule has 0 radical (unpaired) electrons. The number of para-hydroxylation sites is 1. The van der Waals surface area contributed by atoms with E-state index in [1.165, 1.54) is 0 Å². The minimum absolute atomic E-state index is 0.0571. The lowest BCUT2D eigenvalue weighted by Crippen LogP contribution is -2.32. The number of aromatic amines is 1. The van der Waals surface area contributed by atoms with Crippen molar-refractivity contribution in [1.29, 1.82) is 0 Å². The first-order chi connectivity index (χ1) is 12.0. The lowest BCUT2D eigenvalue weighted by atomic mass is 10.1. The van der Waals surface area contributed by atoms with Crippen LogP contribution in [0.5, 0.6) is 0 Å². The van der Waals surface area contributed by atoms with Crippen LogP contribution in [0.25, 0.3) is 10.9 Å². The second-order valence-corrected chi connectivity index (χ2v) is 6.51. The summed E-state index contributed by atoms with van der Waals surface area (Å²) in [5.74, 6) is -0.455. The fourth-order valence-electron chi connectivity index (χ4n) is 2.63. The number of halogens is 2. The molecule has 0 amide bonds. The normalized spacial score (nSPS) is 12.3. The number of ether oxygens (including phenoxy) is 1. The van der Waals surface area contributed by atoms with Gasteiger partial charge in [0.15, 0.2) is 0 Å². The number of H-pyrrole nitrogens is 1. The van der Waals surface area contributed by atoms with Gasteiger partial charge in [-0.15, -0.1) is 0 Å². The second-order valence-electron chi connectivity index (χ2n) is 5.73. The van der Waals surface area contributed by atoms with Gasteiger partial charge in [-0.1, -0.05) is 41.4 Å². The van der Waals surface area contributed by atoms with E-state index in [2.05, 4.69) is 9.97 Å². The van der Waals surface area contributed by atoms with Crippen molar-refractivity contribution in [2.24, 2.45) is 5.73 Å². The van der Waals surface area contributed by atoms with Crippen molar-refractivity contribution in [3.05, 3.63) is 64.0 Å². The lowest BCUT2D eigenvalue weighted by Gasteiger charge is -2.11. The van der Waals surface area contributed by atoms with Crippen LogP contribution in [0.4, 0.5) is 0 Å². The monoisotopic (exact) mass is 377 g/mol. The van der Waals surface area contributed by atoms with Crippen molar-refractivity contribution in [2.45, 2.75) is 25.5 Å². The molecule has 0 fully saturated rings. The number of esters is 1. The molecule has 7 heteroatoms. The Morgan fingerprint density at radius 1 is 1.24 bits per heavy atom. The molecule has 2 aromatic heterocycles. The lowest BCUT2D eigenvalue weighted by molar-refractivity contribution is -0.146. The average Bonchev–Trinajstić information content (AvgIpc) is 3.00. The van der Waals surface area contributed by atoms with Gasteiger partial charge in [-0.05, 0) is 42.2 Å². The molecule has 130 valence electrons. The summed E-state index contributed by atoms with van der Waals surface area (Å²) < 4.78 is 5.24. The van der Waals surface area contributed by atoms with Crippen molar-refractivity contribution in [2.75, 3.05) is 0 Å². The molecule has 1 atom stereocenters. The van der Waals surface area contributed by atoms with Crippen LogP contribution >= 0.6 is 23.2 Å². The molecule has 25 heavy (non-hydrogen) atoms. The number of pyridine rings is 1. The minimum atomic E-state index is -0.693. The van der Waals surface area contributed by atoms with Crippen LogP contribution in [0.3, 0.4) is 0 Å². The zero-order valence-electron chi connectivity index (χ0n) is 13.3. The Labute approximate surface area is 155 Å². The summed E-state index contributed by atoms with van der Waals surface area (Å²) in [6.07, 6.45) is 3.13. The van der Waals surface area contributed by atoms with Crippen molar-refractivity contribution in [3.63, 3.8) is 0 Å². The van der Waals surface area contributed by atoms with E-state index in [9.17, 15) is 4.79 Å². The predicted molar refractivity (Wildman–Crippen MR) is 98.6 cm³/mol. The molecular weight excluding hydrogens is 361 g/mol. The van der Waals surface area contributed by atoms with Crippen molar-refractivity contribution >= 4 is 40.1 Å². The minimum Gasteiger partial charge on any atom is -0.460 e. The van der Waals surface area contributed by atoms with Gasteiger partial charge in [-0.2, -0.15) is 0 Å². The maximum Gasteiger partial charge on any atom is 0.323 e. The van der Waals surface area contributed by atoms with E-state index in [1.54, 1.807) is 12.1 Å². The van der Waals surface area contributed by atoms with E-state index in [0.717, 1.165) is 16.5 Å². The third kappa shape index (κ3) is 4.51. The average molecular weight is 378 g/mol. The number of nitrogens with zero attached hydrogens (tertiary/aromatic N) is 1. The number of nitrogens with one attached hydrogen (secondary N) is 1. The molecule has 5 nitrogen and oxygen atoms in total. The number of aryl methyl sites for hydroxylation is 1. The summed E-state index contributed by atoms with van der Waals surface area (Å²) in [6, 6.07) is 10.5. The molecule has 0 spiro atoms. The Kier molecular flexibility index (Phi) is 5.58. The first-order valence-electron chi connectivity index (χ1n) is 7.82. The highest BCUT2D eigenvalue weighted by molar-refractivity contribution is 6.32. The number of aromatic nitrogens is 2. The summed E-state index contributed by atoms with van der Waals surface area (Å²) >= 11 is 11.6. The quantitative estimate of drug-likeness (QED) is 0.504. The van der Waals surface area contributed by atoms with Crippen LogP contribution in [0.1, 0.15) is 17.5 Å². The van der Waals surface area contributed by atoms with Crippen LogP contribution < -0.4 is 5.73 Å². The Morgan fingerprint density at radius 2 is 1.96 bits per heavy atom. The van der Waals surface area contributed by atoms with Crippen LogP contribution in [-0.4, -0.2) is 22.0 Å². The number of rotatable bonds is 6. The van der Waals surface area contributed by atoms with Gasteiger partial charge in [0.1, 0.15) is 23.0 Å². The number of nitrogens with two attached hydrogens (primary N) is 1. The number of carbonyl (C=O) groups excluding carboxylic acids is 1. The Balaban J connectivity index is 1.54. The summed E-state index contributed by atoms with van der Waals surface area (Å²) in [5.41, 5.74) is 8.82. The van der Waals surface area contributed by atoms with Crippen molar-refractivity contribution in [3.8, 4) is 0 Å². The second kappa shape index (κ2) is 7.87. The highest BCUT2D eigenvalue weighted by atomic mass is 35.5. The molecule has 0 bridgehead atoms. The molecule has 3 rings (SSSR count). The molecule has 3 N–H and O–H groups in total. The number of hydrogen-bond donors (Lipinski definition) is 2.